The molecule has 3 fully saturated rings. The summed E-state index contributed by atoms with van der Waals surface area (Å²) in [6.45, 7) is 9.30. The summed E-state index contributed by atoms with van der Waals surface area (Å²) in [5.41, 5.74) is 1.87. The Morgan fingerprint density at radius 3 is 2.38 bits per heavy atom. The third kappa shape index (κ3) is 11.1. The Hall–Kier alpha value is -3.34. The van der Waals surface area contributed by atoms with E-state index in [1.807, 2.05) is 42.5 Å². The molecule has 2 aromatic carbocycles. The van der Waals surface area contributed by atoms with Crippen LogP contribution in [0.3, 0.4) is 0 Å². The van der Waals surface area contributed by atoms with Gasteiger partial charge in [0, 0.05) is 26.2 Å². The summed E-state index contributed by atoms with van der Waals surface area (Å²) < 4.78 is 29.1. The van der Waals surface area contributed by atoms with Gasteiger partial charge in [0.1, 0.15) is 24.5 Å². The van der Waals surface area contributed by atoms with Crippen molar-refractivity contribution in [2.75, 3.05) is 60.2 Å². The molecule has 4 atom stereocenters. The quantitative estimate of drug-likeness (QED) is 0.181. The van der Waals surface area contributed by atoms with Crippen molar-refractivity contribution in [3.05, 3.63) is 53.6 Å². The standard InChI is InChI=1S/C42H62N2O8/c1-30(2)27-36(45)40(32-11-6-5-7-12-32)41(46)44-20-9-8-15-35(44)42(47)52-37(18-16-31-17-19-38(48-3)39(28-31)49-4)33-13-10-14-34(29-33)51-26-23-43-21-24-50-25-22-43/h10,13-14,17,19,28-30,32,35-37,40,45H,5-9,11-12,15-16,18,20-27H2,1-4H3/t35-,36+,37+,40-/m0/s1. The number of hydrogen-bond donors (Lipinski definition) is 1. The topological polar surface area (TPSA) is 107 Å². The normalized spacial score (nSPS) is 20.6. The van der Waals surface area contributed by atoms with Crippen molar-refractivity contribution in [1.82, 2.24) is 9.80 Å². The monoisotopic (exact) mass is 722 g/mol. The van der Waals surface area contributed by atoms with Crippen LogP contribution in [0.25, 0.3) is 0 Å². The summed E-state index contributed by atoms with van der Waals surface area (Å²) in [7, 11) is 3.24. The van der Waals surface area contributed by atoms with Crippen molar-refractivity contribution in [1.29, 1.82) is 0 Å². The number of piperidine rings is 1. The van der Waals surface area contributed by atoms with Gasteiger partial charge in [0.25, 0.3) is 0 Å². The Kier molecular flexibility index (Phi) is 15.5. The minimum atomic E-state index is -0.727. The van der Waals surface area contributed by atoms with Crippen molar-refractivity contribution >= 4 is 11.9 Å². The Bertz CT molecular complexity index is 1410. The molecule has 2 saturated heterocycles. The zero-order valence-corrected chi connectivity index (χ0v) is 31.9. The van der Waals surface area contributed by atoms with Gasteiger partial charge in [0.15, 0.2) is 11.5 Å². The predicted octanol–water partition coefficient (Wildman–Crippen LogP) is 6.62. The van der Waals surface area contributed by atoms with Gasteiger partial charge in [0.2, 0.25) is 5.91 Å². The third-order valence-electron chi connectivity index (χ3n) is 11.0. The summed E-state index contributed by atoms with van der Waals surface area (Å²) in [5, 5.41) is 11.5. The summed E-state index contributed by atoms with van der Waals surface area (Å²) in [6.07, 6.45) is 7.85. The summed E-state index contributed by atoms with van der Waals surface area (Å²) in [4.78, 5) is 32.9. The molecule has 1 aliphatic carbocycles. The second-order valence-electron chi connectivity index (χ2n) is 15.2. The highest BCUT2D eigenvalue weighted by atomic mass is 16.5. The number of ether oxygens (including phenoxy) is 5. The second kappa shape index (κ2) is 20.2. The molecular formula is C42H62N2O8. The maximum Gasteiger partial charge on any atom is 0.329 e. The third-order valence-corrected chi connectivity index (χ3v) is 11.0. The van der Waals surface area contributed by atoms with E-state index in [9.17, 15) is 14.7 Å². The van der Waals surface area contributed by atoms with E-state index in [0.29, 0.717) is 50.3 Å². The summed E-state index contributed by atoms with van der Waals surface area (Å²) in [6, 6.07) is 13.0. The van der Waals surface area contributed by atoms with Crippen molar-refractivity contribution in [3.63, 3.8) is 0 Å². The maximum atomic E-state index is 14.5. The van der Waals surface area contributed by atoms with Crippen LogP contribution in [0.1, 0.15) is 95.3 Å². The largest absolute Gasteiger partial charge is 0.493 e. The lowest BCUT2D eigenvalue weighted by molar-refractivity contribution is -0.165. The molecule has 0 spiro atoms. The number of aliphatic hydroxyl groups excluding tert-OH is 1. The van der Waals surface area contributed by atoms with Crippen LogP contribution in [0.4, 0.5) is 0 Å². The molecule has 2 aromatic rings. The minimum absolute atomic E-state index is 0.0840. The zero-order chi connectivity index (χ0) is 36.9. The lowest BCUT2D eigenvalue weighted by Crippen LogP contribution is -2.54. The van der Waals surface area contributed by atoms with E-state index >= 15 is 0 Å². The highest BCUT2D eigenvalue weighted by Gasteiger charge is 2.43. The Balaban J connectivity index is 1.35. The van der Waals surface area contributed by atoms with E-state index in [-0.39, 0.29) is 23.7 Å². The fourth-order valence-electron chi connectivity index (χ4n) is 8.20. The first kappa shape index (κ1) is 39.9. The van der Waals surface area contributed by atoms with Crippen LogP contribution in [0.15, 0.2) is 42.5 Å². The number of aliphatic hydroxyl groups is 1. The summed E-state index contributed by atoms with van der Waals surface area (Å²) >= 11 is 0. The molecule has 52 heavy (non-hydrogen) atoms. The van der Waals surface area contributed by atoms with E-state index in [1.54, 1.807) is 19.1 Å². The fraction of sp³-hybridized carbons (Fsp3) is 0.667. The van der Waals surface area contributed by atoms with Gasteiger partial charge < -0.3 is 33.7 Å². The first-order chi connectivity index (χ1) is 25.3. The molecule has 10 heteroatoms. The van der Waals surface area contributed by atoms with Crippen molar-refractivity contribution < 1.29 is 38.4 Å². The van der Waals surface area contributed by atoms with Gasteiger partial charge in [0.05, 0.1) is 39.5 Å². The number of carbonyl (C=O) groups excluding carboxylic acids is 2. The highest BCUT2D eigenvalue weighted by molar-refractivity contribution is 5.86. The average Bonchev–Trinajstić information content (AvgIpc) is 3.17. The lowest BCUT2D eigenvalue weighted by Gasteiger charge is -2.41. The van der Waals surface area contributed by atoms with Crippen LogP contribution in [0, 0.1) is 17.8 Å². The van der Waals surface area contributed by atoms with Gasteiger partial charge in [-0.25, -0.2) is 4.79 Å². The molecule has 2 aliphatic heterocycles. The van der Waals surface area contributed by atoms with Gasteiger partial charge >= 0.3 is 5.97 Å². The van der Waals surface area contributed by atoms with Gasteiger partial charge in [-0.05, 0) is 98.6 Å². The van der Waals surface area contributed by atoms with Crippen molar-refractivity contribution in [2.24, 2.45) is 17.8 Å². The number of benzene rings is 2. The first-order valence-corrected chi connectivity index (χ1v) is 19.7. The van der Waals surface area contributed by atoms with Gasteiger partial charge in [-0.3, -0.25) is 9.69 Å². The SMILES string of the molecule is COc1ccc(CC[C@@H](OC(=O)[C@@H]2CCCCN2C(=O)[C@@H](C2CCCCC2)[C@H](O)CC(C)C)c2cccc(OCCN3CCOCC3)c2)cc1OC. The van der Waals surface area contributed by atoms with Crippen LogP contribution >= 0.6 is 0 Å². The molecule has 1 saturated carbocycles. The molecule has 0 radical (unpaired) electrons. The van der Waals surface area contributed by atoms with Crippen molar-refractivity contribution in [2.45, 2.75) is 103 Å². The summed E-state index contributed by atoms with van der Waals surface area (Å²) in [5.74, 6) is 1.46. The van der Waals surface area contributed by atoms with E-state index in [0.717, 1.165) is 88.2 Å². The number of likely N-dealkylation sites (tertiary alicyclic amines) is 1. The fourth-order valence-corrected chi connectivity index (χ4v) is 8.20. The first-order valence-electron chi connectivity index (χ1n) is 19.7. The predicted molar refractivity (Wildman–Crippen MR) is 201 cm³/mol. The van der Waals surface area contributed by atoms with E-state index in [4.69, 9.17) is 23.7 Å². The zero-order valence-electron chi connectivity index (χ0n) is 31.9. The van der Waals surface area contributed by atoms with Crippen LogP contribution < -0.4 is 14.2 Å². The van der Waals surface area contributed by atoms with Gasteiger partial charge in [-0.1, -0.05) is 51.3 Å². The maximum absolute atomic E-state index is 14.5. The number of methoxy groups -OCH3 is 2. The Morgan fingerprint density at radius 2 is 1.65 bits per heavy atom. The molecule has 0 bridgehead atoms. The Labute approximate surface area is 311 Å². The van der Waals surface area contributed by atoms with E-state index < -0.39 is 24.2 Å². The Morgan fingerprint density at radius 1 is 0.904 bits per heavy atom. The van der Waals surface area contributed by atoms with Crippen LogP contribution in [0.2, 0.25) is 0 Å². The molecular weight excluding hydrogens is 660 g/mol. The van der Waals surface area contributed by atoms with Gasteiger partial charge in [-0.15, -0.1) is 0 Å². The lowest BCUT2D eigenvalue weighted by atomic mass is 9.75. The molecule has 1 amide bonds. The number of carbonyl (C=O) groups is 2. The van der Waals surface area contributed by atoms with E-state index in [1.165, 1.54) is 6.42 Å². The molecule has 0 aromatic heterocycles. The molecule has 10 nitrogen and oxygen atoms in total. The number of nitrogens with zero attached hydrogens (tertiary/aromatic N) is 2. The number of aryl methyl sites for hydroxylation is 1. The van der Waals surface area contributed by atoms with E-state index in [2.05, 4.69) is 18.7 Å². The van der Waals surface area contributed by atoms with Crippen LogP contribution in [-0.4, -0.2) is 99.1 Å². The number of morpholine rings is 1. The molecule has 0 unspecified atom stereocenters. The molecule has 5 rings (SSSR count). The smallest absolute Gasteiger partial charge is 0.329 e. The number of esters is 1. The average molecular weight is 723 g/mol. The molecule has 288 valence electrons. The van der Waals surface area contributed by atoms with Crippen LogP contribution in [0.5, 0.6) is 17.2 Å². The molecule has 1 N–H and O–H groups in total. The van der Waals surface area contributed by atoms with Crippen molar-refractivity contribution in [3.8, 4) is 17.2 Å². The second-order valence-corrected chi connectivity index (χ2v) is 15.2. The van der Waals surface area contributed by atoms with Gasteiger partial charge in [-0.2, -0.15) is 0 Å². The van der Waals surface area contributed by atoms with Crippen LogP contribution in [-0.2, 0) is 25.5 Å². The minimum Gasteiger partial charge on any atom is -0.493 e. The number of amides is 1. The molecule has 2 heterocycles. The molecule has 3 aliphatic rings. The number of hydrogen-bond acceptors (Lipinski definition) is 9. The highest BCUT2D eigenvalue weighted by Crippen LogP contribution is 2.37. The number of rotatable bonds is 17.